The SMILES string of the molecule is C[C@@H]1CC[C@]2(C)C(C=O)=CCC[C@H]2[C@]1(C)CC=O. The molecule has 2 aliphatic carbocycles. The zero-order valence-electron chi connectivity index (χ0n) is 11.7. The summed E-state index contributed by atoms with van der Waals surface area (Å²) in [6, 6.07) is 0. The quantitative estimate of drug-likeness (QED) is 0.716. The Morgan fingerprint density at radius 1 is 1.33 bits per heavy atom. The summed E-state index contributed by atoms with van der Waals surface area (Å²) in [7, 11) is 0. The Morgan fingerprint density at radius 2 is 2.06 bits per heavy atom. The van der Waals surface area contributed by atoms with Gasteiger partial charge in [0, 0.05) is 6.42 Å². The van der Waals surface area contributed by atoms with Crippen molar-refractivity contribution in [2.75, 3.05) is 0 Å². The van der Waals surface area contributed by atoms with Crippen LogP contribution in [0.15, 0.2) is 11.6 Å². The first-order chi connectivity index (χ1) is 8.49. The highest BCUT2D eigenvalue weighted by atomic mass is 16.1. The smallest absolute Gasteiger partial charge is 0.146 e. The molecule has 0 heterocycles. The van der Waals surface area contributed by atoms with Crippen molar-refractivity contribution in [1.29, 1.82) is 0 Å². The van der Waals surface area contributed by atoms with Gasteiger partial charge >= 0.3 is 0 Å². The number of carbonyl (C=O) groups is 2. The van der Waals surface area contributed by atoms with E-state index in [9.17, 15) is 9.59 Å². The first-order valence-corrected chi connectivity index (χ1v) is 7.08. The lowest BCUT2D eigenvalue weighted by Crippen LogP contribution is -2.50. The number of aldehydes is 2. The van der Waals surface area contributed by atoms with Gasteiger partial charge in [0.05, 0.1) is 0 Å². The molecule has 0 aliphatic heterocycles. The fraction of sp³-hybridized carbons (Fsp3) is 0.750. The molecule has 0 radical (unpaired) electrons. The number of fused-ring (bicyclic) bond motifs is 1. The highest BCUT2D eigenvalue weighted by molar-refractivity contribution is 5.76. The first-order valence-electron chi connectivity index (χ1n) is 7.08. The van der Waals surface area contributed by atoms with E-state index in [0.29, 0.717) is 18.3 Å². The predicted octanol–water partition coefficient (Wildman–Crippen LogP) is 3.55. The topological polar surface area (TPSA) is 34.1 Å². The fourth-order valence-corrected chi connectivity index (χ4v) is 4.43. The van der Waals surface area contributed by atoms with Crippen molar-refractivity contribution in [3.05, 3.63) is 11.6 Å². The molecule has 0 aromatic carbocycles. The van der Waals surface area contributed by atoms with Crippen molar-refractivity contribution in [3.8, 4) is 0 Å². The normalized spacial score (nSPS) is 43.8. The van der Waals surface area contributed by atoms with Crippen LogP contribution in [0.4, 0.5) is 0 Å². The maximum atomic E-state index is 11.3. The fourth-order valence-electron chi connectivity index (χ4n) is 4.43. The Balaban J connectivity index is 2.43. The number of hydrogen-bond donors (Lipinski definition) is 0. The third-order valence-electron chi connectivity index (χ3n) is 5.92. The molecule has 1 saturated carbocycles. The first kappa shape index (κ1) is 13.5. The number of rotatable bonds is 3. The highest BCUT2D eigenvalue weighted by Crippen LogP contribution is 2.60. The number of allylic oxidation sites excluding steroid dienone is 2. The van der Waals surface area contributed by atoms with E-state index < -0.39 is 0 Å². The van der Waals surface area contributed by atoms with Crippen molar-refractivity contribution in [2.24, 2.45) is 22.7 Å². The van der Waals surface area contributed by atoms with Gasteiger partial charge in [-0.05, 0) is 53.9 Å². The average Bonchev–Trinajstić information content (AvgIpc) is 2.35. The lowest BCUT2D eigenvalue weighted by Gasteiger charge is -2.57. The summed E-state index contributed by atoms with van der Waals surface area (Å²) < 4.78 is 0. The van der Waals surface area contributed by atoms with E-state index in [1.807, 2.05) is 0 Å². The molecule has 0 aromatic heterocycles. The lowest BCUT2D eigenvalue weighted by atomic mass is 9.47. The number of carbonyl (C=O) groups excluding carboxylic acids is 2. The van der Waals surface area contributed by atoms with E-state index in [2.05, 4.69) is 26.8 Å². The van der Waals surface area contributed by atoms with Crippen molar-refractivity contribution >= 4 is 12.6 Å². The van der Waals surface area contributed by atoms with E-state index >= 15 is 0 Å². The zero-order chi connectivity index (χ0) is 13.4. The monoisotopic (exact) mass is 248 g/mol. The van der Waals surface area contributed by atoms with Crippen LogP contribution in [0.2, 0.25) is 0 Å². The van der Waals surface area contributed by atoms with Crippen molar-refractivity contribution in [1.82, 2.24) is 0 Å². The van der Waals surface area contributed by atoms with Crippen LogP contribution in [0, 0.1) is 22.7 Å². The summed E-state index contributed by atoms with van der Waals surface area (Å²) in [6.45, 7) is 6.75. The molecule has 0 saturated heterocycles. The Bertz CT molecular complexity index is 385. The molecule has 0 aromatic rings. The second kappa shape index (κ2) is 4.64. The van der Waals surface area contributed by atoms with Gasteiger partial charge in [0.25, 0.3) is 0 Å². The predicted molar refractivity (Wildman–Crippen MR) is 72.2 cm³/mol. The Labute approximate surface area is 110 Å². The second-order valence-electron chi connectivity index (χ2n) is 6.64. The molecule has 100 valence electrons. The average molecular weight is 248 g/mol. The molecule has 0 amide bonds. The molecule has 4 atom stereocenters. The van der Waals surface area contributed by atoms with Gasteiger partial charge in [0.2, 0.25) is 0 Å². The summed E-state index contributed by atoms with van der Waals surface area (Å²) in [5.74, 6) is 1.02. The van der Waals surface area contributed by atoms with Crippen molar-refractivity contribution < 1.29 is 9.59 Å². The van der Waals surface area contributed by atoms with Crippen LogP contribution in [0.3, 0.4) is 0 Å². The van der Waals surface area contributed by atoms with Gasteiger partial charge in [-0.3, -0.25) is 4.79 Å². The summed E-state index contributed by atoms with van der Waals surface area (Å²) in [6.07, 6.45) is 9.14. The summed E-state index contributed by atoms with van der Waals surface area (Å²) >= 11 is 0. The van der Waals surface area contributed by atoms with Crippen LogP contribution >= 0.6 is 0 Å². The molecule has 18 heavy (non-hydrogen) atoms. The molecule has 0 unspecified atom stereocenters. The van der Waals surface area contributed by atoms with E-state index in [1.165, 1.54) is 0 Å². The van der Waals surface area contributed by atoms with Gasteiger partial charge in [-0.25, -0.2) is 0 Å². The van der Waals surface area contributed by atoms with Crippen LogP contribution in [-0.4, -0.2) is 12.6 Å². The third-order valence-corrected chi connectivity index (χ3v) is 5.92. The van der Waals surface area contributed by atoms with Gasteiger partial charge < -0.3 is 4.79 Å². The molecule has 0 spiro atoms. The van der Waals surface area contributed by atoms with Crippen LogP contribution < -0.4 is 0 Å². The maximum Gasteiger partial charge on any atom is 0.146 e. The molecule has 2 aliphatic rings. The highest BCUT2D eigenvalue weighted by Gasteiger charge is 2.53. The Hall–Kier alpha value is -0.920. The molecule has 1 fully saturated rings. The van der Waals surface area contributed by atoms with E-state index in [4.69, 9.17) is 0 Å². The molecule has 2 rings (SSSR count). The van der Waals surface area contributed by atoms with Gasteiger partial charge in [-0.15, -0.1) is 0 Å². The van der Waals surface area contributed by atoms with Crippen LogP contribution in [0.1, 0.15) is 52.9 Å². The molecule has 2 nitrogen and oxygen atoms in total. The maximum absolute atomic E-state index is 11.3. The molecule has 0 N–H and O–H groups in total. The minimum atomic E-state index is -0.00965. The summed E-state index contributed by atoms with van der Waals surface area (Å²) in [5, 5.41) is 0. The molecular weight excluding hydrogens is 224 g/mol. The molecular formula is C16H24O2. The second-order valence-corrected chi connectivity index (χ2v) is 6.64. The largest absolute Gasteiger partial charge is 0.303 e. The third kappa shape index (κ3) is 1.77. The van der Waals surface area contributed by atoms with Crippen LogP contribution in [0.25, 0.3) is 0 Å². The van der Waals surface area contributed by atoms with Gasteiger partial charge in [0.1, 0.15) is 12.6 Å². The number of hydrogen-bond acceptors (Lipinski definition) is 2. The van der Waals surface area contributed by atoms with Gasteiger partial charge in [0.15, 0.2) is 0 Å². The minimum Gasteiger partial charge on any atom is -0.303 e. The lowest BCUT2D eigenvalue weighted by molar-refractivity contribution is -0.117. The van der Waals surface area contributed by atoms with Crippen LogP contribution in [0.5, 0.6) is 0 Å². The Kier molecular flexibility index (Phi) is 3.48. The summed E-state index contributed by atoms with van der Waals surface area (Å²) in [4.78, 5) is 22.4. The van der Waals surface area contributed by atoms with Crippen molar-refractivity contribution in [3.63, 3.8) is 0 Å². The Morgan fingerprint density at radius 3 is 2.67 bits per heavy atom. The summed E-state index contributed by atoms with van der Waals surface area (Å²) in [5.41, 5.74) is 1.02. The minimum absolute atomic E-state index is 0.00965. The van der Waals surface area contributed by atoms with E-state index in [-0.39, 0.29) is 10.8 Å². The van der Waals surface area contributed by atoms with Crippen LogP contribution in [-0.2, 0) is 9.59 Å². The standard InChI is InChI=1S/C16H24O2/c1-12-7-8-16(3)13(11-18)5-4-6-14(16)15(12,2)9-10-17/h5,10-12,14H,4,6-9H2,1-3H3/t12-,14+,15-,16-/m1/s1. The molecule has 2 heteroatoms. The van der Waals surface area contributed by atoms with E-state index in [1.54, 1.807) is 0 Å². The molecule has 0 bridgehead atoms. The van der Waals surface area contributed by atoms with Crippen molar-refractivity contribution in [2.45, 2.75) is 52.9 Å². The van der Waals surface area contributed by atoms with E-state index in [0.717, 1.165) is 43.8 Å². The zero-order valence-corrected chi connectivity index (χ0v) is 11.7. The van der Waals surface area contributed by atoms with Gasteiger partial charge in [-0.2, -0.15) is 0 Å². The van der Waals surface area contributed by atoms with Gasteiger partial charge in [-0.1, -0.05) is 26.8 Å².